The van der Waals surface area contributed by atoms with Gasteiger partial charge in [-0.1, -0.05) is 26.7 Å². The summed E-state index contributed by atoms with van der Waals surface area (Å²) in [5.74, 6) is 0. The van der Waals surface area contributed by atoms with Crippen molar-refractivity contribution in [3.63, 3.8) is 0 Å². The van der Waals surface area contributed by atoms with E-state index in [-0.39, 0.29) is 6.10 Å². The second kappa shape index (κ2) is 6.01. The van der Waals surface area contributed by atoms with Crippen molar-refractivity contribution in [2.75, 3.05) is 0 Å². The number of ether oxygens (including phenoxy) is 1. The Bertz CT molecular complexity index is 106. The number of carboxylic acid groups (broad SMARTS) is 1. The Morgan fingerprint density at radius 1 is 1.36 bits per heavy atom. The van der Waals surface area contributed by atoms with Crippen LogP contribution in [0.3, 0.4) is 0 Å². The first-order valence-electron chi connectivity index (χ1n) is 4.10. The second-order valence-corrected chi connectivity index (χ2v) is 2.58. The van der Waals surface area contributed by atoms with Crippen molar-refractivity contribution in [2.24, 2.45) is 0 Å². The van der Waals surface area contributed by atoms with Crippen LogP contribution in [0, 0.1) is 0 Å². The molecule has 0 bridgehead atoms. The summed E-state index contributed by atoms with van der Waals surface area (Å²) < 4.78 is 4.65. The Kier molecular flexibility index (Phi) is 5.61. The topological polar surface area (TPSA) is 46.5 Å². The van der Waals surface area contributed by atoms with Crippen LogP contribution in [0.5, 0.6) is 0 Å². The predicted octanol–water partition coefficient (Wildman–Crippen LogP) is 2.65. The fourth-order valence-corrected chi connectivity index (χ4v) is 1.05. The van der Waals surface area contributed by atoms with Crippen LogP contribution in [0.25, 0.3) is 0 Å². The Morgan fingerprint density at radius 3 is 2.09 bits per heavy atom. The maximum atomic E-state index is 10.1. The lowest BCUT2D eigenvalue weighted by molar-refractivity contribution is 0.0440. The van der Waals surface area contributed by atoms with E-state index in [9.17, 15) is 4.79 Å². The van der Waals surface area contributed by atoms with Gasteiger partial charge in [-0.15, -0.1) is 0 Å². The quantitative estimate of drug-likeness (QED) is 0.629. The van der Waals surface area contributed by atoms with Gasteiger partial charge in [-0.25, -0.2) is 4.79 Å². The third-order valence-corrected chi connectivity index (χ3v) is 1.49. The number of carbonyl (C=O) groups is 1. The smallest absolute Gasteiger partial charge is 0.450 e. The lowest BCUT2D eigenvalue weighted by Gasteiger charge is -2.13. The van der Waals surface area contributed by atoms with Crippen LogP contribution in [-0.4, -0.2) is 17.4 Å². The zero-order chi connectivity index (χ0) is 8.69. The van der Waals surface area contributed by atoms with Crippen LogP contribution < -0.4 is 0 Å². The van der Waals surface area contributed by atoms with Gasteiger partial charge in [-0.05, 0) is 12.8 Å². The molecule has 0 saturated carbocycles. The molecule has 3 nitrogen and oxygen atoms in total. The van der Waals surface area contributed by atoms with Crippen LogP contribution in [0.2, 0.25) is 0 Å². The summed E-state index contributed by atoms with van der Waals surface area (Å²) in [6.45, 7) is 4.04. The molecule has 0 amide bonds. The van der Waals surface area contributed by atoms with Crippen molar-refractivity contribution < 1.29 is 14.6 Å². The van der Waals surface area contributed by atoms with Crippen LogP contribution in [0.15, 0.2) is 0 Å². The fraction of sp³-hybridized carbons (Fsp3) is 0.875. The van der Waals surface area contributed by atoms with E-state index < -0.39 is 6.16 Å². The molecule has 0 aliphatic rings. The van der Waals surface area contributed by atoms with Gasteiger partial charge in [-0.2, -0.15) is 0 Å². The molecule has 0 rings (SSSR count). The SMILES string of the molecule is CCCC(CCC)OC(=O)O. The van der Waals surface area contributed by atoms with Crippen molar-refractivity contribution >= 4 is 6.16 Å². The molecule has 11 heavy (non-hydrogen) atoms. The molecule has 0 radical (unpaired) electrons. The van der Waals surface area contributed by atoms with E-state index in [4.69, 9.17) is 5.11 Å². The van der Waals surface area contributed by atoms with Crippen molar-refractivity contribution in [3.05, 3.63) is 0 Å². The maximum Gasteiger partial charge on any atom is 0.506 e. The summed E-state index contributed by atoms with van der Waals surface area (Å²) in [4.78, 5) is 10.1. The molecular formula is C8H16O3. The molecule has 0 atom stereocenters. The number of rotatable bonds is 5. The lowest BCUT2D eigenvalue weighted by atomic mass is 10.1. The van der Waals surface area contributed by atoms with Gasteiger partial charge >= 0.3 is 6.16 Å². The molecule has 0 unspecified atom stereocenters. The van der Waals surface area contributed by atoms with Crippen molar-refractivity contribution in [2.45, 2.75) is 45.6 Å². The Morgan fingerprint density at radius 2 is 1.82 bits per heavy atom. The molecule has 1 N–H and O–H groups in total. The first-order valence-corrected chi connectivity index (χ1v) is 4.10. The van der Waals surface area contributed by atoms with E-state index in [0.29, 0.717) is 0 Å². The van der Waals surface area contributed by atoms with Crippen LogP contribution in [-0.2, 0) is 4.74 Å². The summed E-state index contributed by atoms with van der Waals surface area (Å²) in [6, 6.07) is 0. The van der Waals surface area contributed by atoms with Gasteiger partial charge in [0.25, 0.3) is 0 Å². The summed E-state index contributed by atoms with van der Waals surface area (Å²) in [5.41, 5.74) is 0. The Hall–Kier alpha value is -0.730. The third kappa shape index (κ3) is 5.70. The fourth-order valence-electron chi connectivity index (χ4n) is 1.05. The van der Waals surface area contributed by atoms with Crippen molar-refractivity contribution in [1.82, 2.24) is 0 Å². The highest BCUT2D eigenvalue weighted by Crippen LogP contribution is 2.08. The number of hydrogen-bond acceptors (Lipinski definition) is 2. The molecule has 0 saturated heterocycles. The molecule has 0 spiro atoms. The maximum absolute atomic E-state index is 10.1. The summed E-state index contributed by atoms with van der Waals surface area (Å²) in [7, 11) is 0. The normalized spacial score (nSPS) is 10.1. The molecule has 0 aromatic rings. The molecule has 66 valence electrons. The highest BCUT2D eigenvalue weighted by Gasteiger charge is 2.10. The summed E-state index contributed by atoms with van der Waals surface area (Å²) in [5, 5.41) is 8.31. The van der Waals surface area contributed by atoms with Gasteiger partial charge in [0.1, 0.15) is 6.10 Å². The Balaban J connectivity index is 3.59. The van der Waals surface area contributed by atoms with E-state index in [1.54, 1.807) is 0 Å². The minimum Gasteiger partial charge on any atom is -0.450 e. The molecule has 0 heterocycles. The highest BCUT2D eigenvalue weighted by molar-refractivity contribution is 5.57. The van der Waals surface area contributed by atoms with Gasteiger partial charge in [0.15, 0.2) is 0 Å². The molecule has 0 aromatic heterocycles. The van der Waals surface area contributed by atoms with Crippen LogP contribution in [0.1, 0.15) is 39.5 Å². The summed E-state index contributed by atoms with van der Waals surface area (Å²) in [6.07, 6.45) is 2.36. The standard InChI is InChI=1S/C8H16O3/c1-3-5-7(6-4-2)11-8(9)10/h7H,3-6H2,1-2H3,(H,9,10). The van der Waals surface area contributed by atoms with Crippen molar-refractivity contribution in [3.8, 4) is 0 Å². The third-order valence-electron chi connectivity index (χ3n) is 1.49. The van der Waals surface area contributed by atoms with Gasteiger partial charge in [0.2, 0.25) is 0 Å². The number of hydrogen-bond donors (Lipinski definition) is 1. The largest absolute Gasteiger partial charge is 0.506 e. The predicted molar refractivity (Wildman–Crippen MR) is 42.7 cm³/mol. The minimum atomic E-state index is -1.16. The lowest BCUT2D eigenvalue weighted by Crippen LogP contribution is -2.16. The monoisotopic (exact) mass is 160 g/mol. The van der Waals surface area contributed by atoms with Gasteiger partial charge in [-0.3, -0.25) is 0 Å². The van der Waals surface area contributed by atoms with Gasteiger partial charge in [0, 0.05) is 0 Å². The minimum absolute atomic E-state index is 0.0949. The van der Waals surface area contributed by atoms with E-state index in [0.717, 1.165) is 25.7 Å². The molecule has 3 heteroatoms. The highest BCUT2D eigenvalue weighted by atomic mass is 16.7. The molecule has 0 aromatic carbocycles. The zero-order valence-electron chi connectivity index (χ0n) is 7.17. The van der Waals surface area contributed by atoms with E-state index in [1.165, 1.54) is 0 Å². The van der Waals surface area contributed by atoms with E-state index in [1.807, 2.05) is 13.8 Å². The second-order valence-electron chi connectivity index (χ2n) is 2.58. The first-order chi connectivity index (χ1) is 5.20. The summed E-state index contributed by atoms with van der Waals surface area (Å²) >= 11 is 0. The van der Waals surface area contributed by atoms with E-state index >= 15 is 0 Å². The van der Waals surface area contributed by atoms with Crippen LogP contribution >= 0.6 is 0 Å². The average molecular weight is 160 g/mol. The molecule has 0 aliphatic heterocycles. The zero-order valence-corrected chi connectivity index (χ0v) is 7.17. The molecular weight excluding hydrogens is 144 g/mol. The Labute approximate surface area is 67.4 Å². The average Bonchev–Trinajstić information content (AvgIpc) is 1.87. The van der Waals surface area contributed by atoms with E-state index in [2.05, 4.69) is 4.74 Å². The van der Waals surface area contributed by atoms with Gasteiger partial charge in [0.05, 0.1) is 0 Å². The molecule has 0 fully saturated rings. The van der Waals surface area contributed by atoms with Crippen molar-refractivity contribution in [1.29, 1.82) is 0 Å². The van der Waals surface area contributed by atoms with Gasteiger partial charge < -0.3 is 9.84 Å². The van der Waals surface area contributed by atoms with Crippen LogP contribution in [0.4, 0.5) is 4.79 Å². The first kappa shape index (κ1) is 10.3. The molecule has 0 aliphatic carbocycles.